The molecule has 0 spiro atoms. The van der Waals surface area contributed by atoms with E-state index >= 15 is 0 Å². The summed E-state index contributed by atoms with van der Waals surface area (Å²) in [5.74, 6) is 0. The minimum absolute atomic E-state index is 0.217. The Bertz CT molecular complexity index is 1590. The van der Waals surface area contributed by atoms with Gasteiger partial charge in [0.1, 0.15) is 0 Å². The van der Waals surface area contributed by atoms with Gasteiger partial charge in [-0.1, -0.05) is 0 Å². The minimum Gasteiger partial charge on any atom is -0.396 e. The van der Waals surface area contributed by atoms with Gasteiger partial charge in [0.2, 0.25) is 0 Å². The van der Waals surface area contributed by atoms with Crippen LogP contribution in [-0.2, 0) is 70.8 Å². The van der Waals surface area contributed by atoms with Crippen LogP contribution < -0.4 is 21.3 Å². The molecule has 0 radical (unpaired) electrons. The van der Waals surface area contributed by atoms with E-state index in [2.05, 4.69) is 99.8 Å². The molecule has 0 aromatic carbocycles. The summed E-state index contributed by atoms with van der Waals surface area (Å²) >= 11 is 0. The third-order valence-electron chi connectivity index (χ3n) is 16.2. The van der Waals surface area contributed by atoms with E-state index in [1.54, 1.807) is 0 Å². The fourth-order valence-corrected chi connectivity index (χ4v) is 40.9. The van der Waals surface area contributed by atoms with Crippen LogP contribution in [0.5, 0.6) is 0 Å². The quantitative estimate of drug-likeness (QED) is 0.0208. The lowest BCUT2D eigenvalue weighted by atomic mass is 10.3. The van der Waals surface area contributed by atoms with E-state index in [-0.39, 0.29) is 26.4 Å². The zero-order chi connectivity index (χ0) is 73.2. The molecule has 0 aromatic rings. The molecule has 0 heterocycles. The van der Waals surface area contributed by atoms with Gasteiger partial charge < -0.3 is 113 Å². The highest BCUT2D eigenvalue weighted by molar-refractivity contribution is 6.92. The van der Waals surface area contributed by atoms with E-state index in [9.17, 15) is 20.4 Å². The van der Waals surface area contributed by atoms with Gasteiger partial charge in [-0.05, 0) is 260 Å². The number of aliphatic hydroxyl groups excluding tert-OH is 4. The summed E-state index contributed by atoms with van der Waals surface area (Å²) in [6.45, 7) is 54.8. The van der Waals surface area contributed by atoms with E-state index in [4.69, 9.17) is 70.8 Å². The molecular formula is C64H152N4O20Si9. The fraction of sp³-hybridized carbons (Fsp3) is 1.00. The first-order valence-electron chi connectivity index (χ1n) is 37.5. The monoisotopic (exact) mass is 1550 g/mol. The van der Waals surface area contributed by atoms with Gasteiger partial charge >= 0.3 is 43.3 Å². The number of hydrogen-bond donors (Lipinski definition) is 8. The van der Waals surface area contributed by atoms with Crippen LogP contribution in [0.3, 0.4) is 0 Å². The van der Waals surface area contributed by atoms with Gasteiger partial charge in [0, 0.05) is 105 Å². The Balaban J connectivity index is 6.50. The second-order valence-corrected chi connectivity index (χ2v) is 62.2. The van der Waals surface area contributed by atoms with Crippen molar-refractivity contribution >= 4 is 76.6 Å². The molecule has 0 amide bonds. The predicted molar refractivity (Wildman–Crippen MR) is 414 cm³/mol. The summed E-state index contributed by atoms with van der Waals surface area (Å²) in [6.07, 6.45) is 3.88. The molecule has 0 saturated heterocycles. The summed E-state index contributed by atoms with van der Waals surface area (Å²) in [5.41, 5.74) is 0. The van der Waals surface area contributed by atoms with Crippen LogP contribution in [0.15, 0.2) is 0 Å². The van der Waals surface area contributed by atoms with Gasteiger partial charge in [-0.2, -0.15) is 0 Å². The summed E-state index contributed by atoms with van der Waals surface area (Å²) in [6, 6.07) is 6.51. The van der Waals surface area contributed by atoms with Crippen LogP contribution in [0.2, 0.25) is 127 Å². The van der Waals surface area contributed by atoms with E-state index in [1.165, 1.54) is 0 Å². The number of aliphatic hydroxyl groups is 4. The van der Waals surface area contributed by atoms with E-state index in [0.29, 0.717) is 105 Å². The van der Waals surface area contributed by atoms with Crippen molar-refractivity contribution in [3.05, 3.63) is 0 Å². The molecule has 0 aliphatic heterocycles. The molecule has 0 bridgehead atoms. The molecule has 0 saturated carbocycles. The average Bonchev–Trinajstić information content (AvgIpc) is 0.781. The van der Waals surface area contributed by atoms with Gasteiger partial charge in [0.15, 0.2) is 33.3 Å². The SMILES string of the molecule is CCO[Si](C)(CCCNCC(O)COCCC[Si](C)(C)O[Si](O[Si](C)(C)CCCOCC(O)CNCCC[Si](C)(OCC)OCC)(O[Si](C)(C)CCCOCC(O)CNCCC[Si](C)(OCC)OCC)O[Si](C)(C)CCCOCC(O)CNCCC[Si](C)(OCC)OCC)OCC. The predicted octanol–water partition coefficient (Wildman–Crippen LogP) is 9.88. The second-order valence-electron chi connectivity index (χ2n) is 28.5. The fourth-order valence-electron chi connectivity index (χ4n) is 11.6. The lowest BCUT2D eigenvalue weighted by Crippen LogP contribution is -2.66. The molecule has 0 aliphatic carbocycles. The smallest absolute Gasteiger partial charge is 0.396 e. The highest BCUT2D eigenvalue weighted by Gasteiger charge is 2.58. The first-order chi connectivity index (χ1) is 45.7. The molecule has 584 valence electrons. The van der Waals surface area contributed by atoms with Crippen LogP contribution in [0.4, 0.5) is 0 Å². The van der Waals surface area contributed by atoms with Crippen LogP contribution in [-0.4, -0.2) is 279 Å². The Hall–Kier alpha value is 0.992. The van der Waals surface area contributed by atoms with Crippen molar-refractivity contribution < 1.29 is 91.2 Å². The summed E-state index contributed by atoms with van der Waals surface area (Å²) in [7, 11) is -23.5. The molecule has 4 unspecified atom stereocenters. The zero-order valence-electron chi connectivity index (χ0n) is 65.4. The van der Waals surface area contributed by atoms with E-state index < -0.39 is 101 Å². The number of nitrogens with one attached hydrogen (secondary N) is 4. The normalized spacial score (nSPS) is 15.3. The Morgan fingerprint density at radius 2 is 0.433 bits per heavy atom. The first kappa shape index (κ1) is 98.0. The Kier molecular flexibility index (Phi) is 56.0. The zero-order valence-corrected chi connectivity index (χ0v) is 74.4. The van der Waals surface area contributed by atoms with Crippen molar-refractivity contribution in [2.24, 2.45) is 0 Å². The molecule has 0 rings (SSSR count). The Labute approximate surface area is 601 Å². The summed E-state index contributed by atoms with van der Waals surface area (Å²) in [4.78, 5) is 0. The van der Waals surface area contributed by atoms with Crippen molar-refractivity contribution in [3.8, 4) is 0 Å². The maximum atomic E-state index is 10.9. The second kappa shape index (κ2) is 55.4. The molecular weight excluding hydrogens is 1400 g/mol. The van der Waals surface area contributed by atoms with Crippen molar-refractivity contribution in [1.82, 2.24) is 21.3 Å². The van der Waals surface area contributed by atoms with Gasteiger partial charge in [-0.3, -0.25) is 0 Å². The van der Waals surface area contributed by atoms with E-state index in [0.717, 1.165) is 126 Å². The largest absolute Gasteiger partial charge is 0.636 e. The lowest BCUT2D eigenvalue weighted by molar-refractivity contribution is 0.0367. The van der Waals surface area contributed by atoms with Crippen LogP contribution in [0.1, 0.15) is 107 Å². The molecule has 24 nitrogen and oxygen atoms in total. The van der Waals surface area contributed by atoms with Crippen LogP contribution >= 0.6 is 0 Å². The van der Waals surface area contributed by atoms with Gasteiger partial charge in [0.25, 0.3) is 0 Å². The van der Waals surface area contributed by atoms with Crippen molar-refractivity contribution in [3.63, 3.8) is 0 Å². The standard InChI is InChI=1S/C64H152N4O20Si9/c1-21-77-93(17,78-22-2)49-29-37-65-53-61(69)57-73-41-33-45-89(9,10)85-97(86-90(11,12)46-34-42-74-58-62(70)54-66-38-30-50-94(18,79-23-3)80-24-4,87-91(13,14)47-35-43-75-59-63(71)55-67-39-31-51-95(19,81-25-5)82-26-6)88-92(15,16)48-36-44-76-60-64(72)56-68-40-32-52-96(20,83-27-7)84-28-8/h61-72H,21-60H2,1-20H3. The molecule has 33 heteroatoms. The molecule has 8 N–H and O–H groups in total. The van der Waals surface area contributed by atoms with Crippen LogP contribution in [0, 0.1) is 0 Å². The Morgan fingerprint density at radius 3 is 0.598 bits per heavy atom. The minimum atomic E-state index is -4.02. The maximum Gasteiger partial charge on any atom is 0.636 e. The van der Waals surface area contributed by atoms with Crippen LogP contribution in [0.25, 0.3) is 0 Å². The lowest BCUT2D eigenvalue weighted by Gasteiger charge is -2.46. The summed E-state index contributed by atoms with van der Waals surface area (Å²) in [5, 5.41) is 57.1. The number of rotatable bonds is 72. The van der Waals surface area contributed by atoms with Crippen molar-refractivity contribution in [1.29, 1.82) is 0 Å². The molecule has 97 heavy (non-hydrogen) atoms. The highest BCUT2D eigenvalue weighted by atomic mass is 28.5. The molecule has 0 aliphatic rings. The first-order valence-corrected chi connectivity index (χ1v) is 61.7. The topological polar surface area (TPSA) is 277 Å². The van der Waals surface area contributed by atoms with Gasteiger partial charge in [-0.15, -0.1) is 0 Å². The molecule has 0 aromatic heterocycles. The number of ether oxygens (including phenoxy) is 4. The highest BCUT2D eigenvalue weighted by Crippen LogP contribution is 2.35. The van der Waals surface area contributed by atoms with Crippen molar-refractivity contribution in [2.45, 2.75) is 258 Å². The maximum absolute atomic E-state index is 10.9. The van der Waals surface area contributed by atoms with Crippen molar-refractivity contribution in [2.75, 3.05) is 158 Å². The average molecular weight is 1550 g/mol. The van der Waals surface area contributed by atoms with Gasteiger partial charge in [-0.25, -0.2) is 0 Å². The molecule has 4 atom stereocenters. The Morgan fingerprint density at radius 1 is 0.258 bits per heavy atom. The third kappa shape index (κ3) is 52.6. The number of hydrogen-bond acceptors (Lipinski definition) is 24. The van der Waals surface area contributed by atoms with Gasteiger partial charge in [0.05, 0.1) is 50.8 Å². The molecule has 0 fully saturated rings. The van der Waals surface area contributed by atoms with E-state index in [1.807, 2.05) is 55.4 Å². The summed E-state index contributed by atoms with van der Waals surface area (Å²) < 4.78 is 103. The third-order valence-corrected chi connectivity index (χ3v) is 47.5.